The van der Waals surface area contributed by atoms with Crippen LogP contribution >= 0.6 is 0 Å². The van der Waals surface area contributed by atoms with E-state index in [2.05, 4.69) is 0 Å². The molecule has 1 fully saturated rings. The van der Waals surface area contributed by atoms with Gasteiger partial charge in [0.25, 0.3) is 0 Å². The van der Waals surface area contributed by atoms with Crippen molar-refractivity contribution in [2.75, 3.05) is 11.5 Å². The maximum Gasteiger partial charge on any atom is 0.250 e. The first kappa shape index (κ1) is 7.91. The molecule has 1 aliphatic heterocycles. The van der Waals surface area contributed by atoms with E-state index in [1.54, 1.807) is 0 Å². The van der Waals surface area contributed by atoms with Crippen LogP contribution in [0.2, 0.25) is 0 Å². The van der Waals surface area contributed by atoms with Crippen molar-refractivity contribution < 1.29 is 13.0 Å². The minimum atomic E-state index is -2.66. The highest BCUT2D eigenvalue weighted by Gasteiger charge is 2.35. The minimum absolute atomic E-state index is 0.139. The molecule has 0 unspecified atom stereocenters. The second kappa shape index (κ2) is 2.15. The Morgan fingerprint density at radius 1 is 1.30 bits per heavy atom. The smallest absolute Gasteiger partial charge is 0.250 e. The van der Waals surface area contributed by atoms with Gasteiger partial charge >= 0.3 is 0 Å². The second-order valence-electron chi connectivity index (χ2n) is 2.58. The monoisotopic (exact) mass is 169 g/mol. The third-order valence-corrected chi connectivity index (χ3v) is 3.32. The van der Waals surface area contributed by atoms with Crippen LogP contribution in [0.1, 0.15) is 12.8 Å². The van der Waals surface area contributed by atoms with Gasteiger partial charge < -0.3 is 0 Å². The lowest BCUT2D eigenvalue weighted by molar-refractivity contribution is -0.00787. The van der Waals surface area contributed by atoms with E-state index >= 15 is 0 Å². The predicted octanol–water partition coefficient (Wildman–Crippen LogP) is 1.46. The summed E-state index contributed by atoms with van der Waals surface area (Å²) in [5, 5.41) is 0. The molecule has 1 rings (SSSR count). The Kier molecular flexibility index (Phi) is 1.70. The van der Waals surface area contributed by atoms with Crippen LogP contribution in [0.4, 0.5) is 8.78 Å². The van der Waals surface area contributed by atoms with Crippen molar-refractivity contribution in [2.24, 2.45) is 0 Å². The van der Waals surface area contributed by atoms with Crippen molar-refractivity contribution in [3.63, 3.8) is 0 Å². The average molecular weight is 169 g/mol. The molecule has 5 heteroatoms. The minimum Gasteiger partial charge on any atom is -0.253 e. The first-order chi connectivity index (χ1) is 4.41. The third kappa shape index (κ3) is 1.90. The van der Waals surface area contributed by atoms with Gasteiger partial charge in [-0.2, -0.15) is 0 Å². The normalized spacial score (nSPS) is 29.8. The summed E-state index contributed by atoms with van der Waals surface area (Å²) in [5.41, 5.74) is 0. The Balaban J connectivity index is 2.63. The molecule has 10 heavy (non-hydrogen) atoms. The largest absolute Gasteiger partial charge is 0.253 e. The Hall–Kier alpha value is -0.190. The molecule has 0 atom stereocenters. The molecule has 1 saturated heterocycles. The zero-order valence-corrected chi connectivity index (χ0v) is 6.22. The number of hydrogen-bond acceptors (Lipinski definition) is 2. The molecule has 0 radical (unpaired) electrons. The van der Waals surface area contributed by atoms with Gasteiger partial charge in [-0.25, -0.2) is 13.0 Å². The van der Waals surface area contributed by atoms with Crippen molar-refractivity contribution in [1.82, 2.24) is 0 Å². The van der Waals surface area contributed by atoms with Gasteiger partial charge in [0.15, 0.2) is 0 Å². The van der Waals surface area contributed by atoms with E-state index in [0.29, 0.717) is 0 Å². The molecule has 0 aromatic rings. The molecular formula is C5H9F2NOS. The first-order valence-corrected chi connectivity index (χ1v) is 4.93. The highest BCUT2D eigenvalue weighted by molar-refractivity contribution is 7.92. The highest BCUT2D eigenvalue weighted by atomic mass is 32.2. The lowest BCUT2D eigenvalue weighted by atomic mass is 10.2. The van der Waals surface area contributed by atoms with Crippen LogP contribution in [0.3, 0.4) is 0 Å². The highest BCUT2D eigenvalue weighted by Crippen LogP contribution is 2.28. The van der Waals surface area contributed by atoms with Crippen LogP contribution in [0, 0.1) is 4.78 Å². The summed E-state index contributed by atoms with van der Waals surface area (Å²) in [4.78, 5) is 0. The van der Waals surface area contributed by atoms with Crippen molar-refractivity contribution in [1.29, 1.82) is 4.78 Å². The van der Waals surface area contributed by atoms with Crippen LogP contribution in [0.25, 0.3) is 0 Å². The van der Waals surface area contributed by atoms with Gasteiger partial charge in [-0.3, -0.25) is 4.78 Å². The molecule has 0 bridgehead atoms. The molecule has 1 heterocycles. The number of hydrogen-bond donors (Lipinski definition) is 1. The Morgan fingerprint density at radius 2 is 1.70 bits per heavy atom. The fourth-order valence-corrected chi connectivity index (χ4v) is 2.32. The molecule has 1 N–H and O–H groups in total. The summed E-state index contributed by atoms with van der Waals surface area (Å²) in [7, 11) is -2.63. The van der Waals surface area contributed by atoms with Crippen LogP contribution in [-0.2, 0) is 9.73 Å². The Labute approximate surface area is 58.6 Å². The van der Waals surface area contributed by atoms with Crippen LogP contribution in [0.15, 0.2) is 0 Å². The van der Waals surface area contributed by atoms with E-state index in [-0.39, 0.29) is 24.3 Å². The molecule has 0 saturated carbocycles. The first-order valence-electron chi connectivity index (χ1n) is 3.03. The van der Waals surface area contributed by atoms with Crippen molar-refractivity contribution in [2.45, 2.75) is 18.8 Å². The summed E-state index contributed by atoms with van der Waals surface area (Å²) in [6.45, 7) is 0. The lowest BCUT2D eigenvalue weighted by Gasteiger charge is -2.22. The quantitative estimate of drug-likeness (QED) is 0.586. The molecule has 2 nitrogen and oxygen atoms in total. The fraction of sp³-hybridized carbons (Fsp3) is 1.00. The number of halogens is 2. The van der Waals surface area contributed by atoms with Crippen molar-refractivity contribution >= 4 is 9.73 Å². The van der Waals surface area contributed by atoms with E-state index < -0.39 is 15.7 Å². The Bertz CT molecular complexity index is 206. The number of alkyl halides is 2. The predicted molar refractivity (Wildman–Crippen MR) is 34.8 cm³/mol. The topological polar surface area (TPSA) is 40.9 Å². The van der Waals surface area contributed by atoms with Gasteiger partial charge in [0, 0.05) is 34.1 Å². The lowest BCUT2D eigenvalue weighted by Crippen LogP contribution is -2.30. The molecule has 0 aliphatic carbocycles. The number of nitrogens with one attached hydrogen (secondary N) is 1. The zero-order valence-electron chi connectivity index (χ0n) is 5.40. The summed E-state index contributed by atoms with van der Waals surface area (Å²) in [6.07, 6.45) is -0.759. The van der Waals surface area contributed by atoms with Crippen molar-refractivity contribution in [3.8, 4) is 0 Å². The van der Waals surface area contributed by atoms with E-state index in [9.17, 15) is 13.0 Å². The van der Waals surface area contributed by atoms with Gasteiger partial charge in [0.1, 0.15) is 0 Å². The zero-order chi connectivity index (χ0) is 7.83. The molecule has 1 aliphatic rings. The average Bonchev–Trinajstić information content (AvgIpc) is 1.79. The second-order valence-corrected chi connectivity index (χ2v) is 5.02. The van der Waals surface area contributed by atoms with Crippen molar-refractivity contribution in [3.05, 3.63) is 0 Å². The van der Waals surface area contributed by atoms with Gasteiger partial charge in [-0.1, -0.05) is 0 Å². The van der Waals surface area contributed by atoms with E-state index in [1.807, 2.05) is 0 Å². The SMILES string of the molecule is N=S1(=O)CCC(F)(F)CC1. The van der Waals surface area contributed by atoms with Gasteiger partial charge in [0.05, 0.1) is 0 Å². The molecule has 0 aromatic heterocycles. The van der Waals surface area contributed by atoms with Crippen LogP contribution < -0.4 is 0 Å². The maximum absolute atomic E-state index is 12.3. The summed E-state index contributed by atoms with van der Waals surface area (Å²) >= 11 is 0. The molecule has 0 spiro atoms. The maximum atomic E-state index is 12.3. The Morgan fingerprint density at radius 3 is 2.00 bits per heavy atom. The van der Waals surface area contributed by atoms with E-state index in [0.717, 1.165) is 0 Å². The van der Waals surface area contributed by atoms with Gasteiger partial charge in [-0.15, -0.1) is 0 Å². The van der Waals surface area contributed by atoms with Crippen LogP contribution in [-0.4, -0.2) is 21.6 Å². The summed E-state index contributed by atoms with van der Waals surface area (Å²) < 4.78 is 42.5. The van der Waals surface area contributed by atoms with E-state index in [4.69, 9.17) is 4.78 Å². The van der Waals surface area contributed by atoms with Gasteiger partial charge in [-0.05, 0) is 0 Å². The number of rotatable bonds is 0. The molecule has 60 valence electrons. The fourth-order valence-electron chi connectivity index (χ4n) is 0.855. The van der Waals surface area contributed by atoms with Gasteiger partial charge in [0.2, 0.25) is 5.92 Å². The molecular weight excluding hydrogens is 160 g/mol. The summed E-state index contributed by atoms with van der Waals surface area (Å²) in [5.74, 6) is -2.94. The van der Waals surface area contributed by atoms with Crippen LogP contribution in [0.5, 0.6) is 0 Å². The summed E-state index contributed by atoms with van der Waals surface area (Å²) in [6, 6.07) is 0. The van der Waals surface area contributed by atoms with E-state index in [1.165, 1.54) is 0 Å². The third-order valence-electron chi connectivity index (χ3n) is 1.60. The molecule has 0 amide bonds. The molecule has 0 aromatic carbocycles. The standard InChI is InChI=1S/C5H9F2NOS/c6-5(7)1-3-10(8,9)4-2-5/h8H,1-4H2.